The number of esters is 1. The molecule has 1 amide bonds. The Labute approximate surface area is 113 Å². The van der Waals surface area contributed by atoms with Crippen LogP contribution in [0.25, 0.3) is 0 Å². The first-order valence-electron chi connectivity index (χ1n) is 6.43. The first-order chi connectivity index (χ1) is 8.70. The SMILES string of the molecule is CC(C)OC(=O)[C@@H]1CCCC[C@@H]1C(=O)NS(C)(=O)=O. The lowest BCUT2D eigenvalue weighted by atomic mass is 9.79. The maximum Gasteiger partial charge on any atom is 0.309 e. The number of ether oxygens (including phenoxy) is 1. The highest BCUT2D eigenvalue weighted by molar-refractivity contribution is 7.89. The van der Waals surface area contributed by atoms with Crippen LogP contribution >= 0.6 is 0 Å². The predicted octanol–water partition coefficient (Wildman–Crippen LogP) is 0.820. The van der Waals surface area contributed by atoms with Gasteiger partial charge < -0.3 is 4.74 Å². The molecule has 19 heavy (non-hydrogen) atoms. The van der Waals surface area contributed by atoms with Gasteiger partial charge in [0.15, 0.2) is 0 Å². The van der Waals surface area contributed by atoms with Crippen LogP contribution < -0.4 is 4.72 Å². The normalized spacial score (nSPS) is 24.0. The monoisotopic (exact) mass is 291 g/mol. The van der Waals surface area contributed by atoms with E-state index in [0.717, 1.165) is 19.1 Å². The number of hydrogen-bond donors (Lipinski definition) is 1. The zero-order valence-electron chi connectivity index (χ0n) is 11.5. The number of hydrogen-bond acceptors (Lipinski definition) is 5. The zero-order valence-corrected chi connectivity index (χ0v) is 12.3. The van der Waals surface area contributed by atoms with Crippen molar-refractivity contribution in [2.75, 3.05) is 6.26 Å². The molecule has 0 aromatic rings. The van der Waals surface area contributed by atoms with E-state index in [0.29, 0.717) is 12.8 Å². The Morgan fingerprint density at radius 1 is 1.16 bits per heavy atom. The summed E-state index contributed by atoms with van der Waals surface area (Å²) in [5, 5.41) is 0. The minimum Gasteiger partial charge on any atom is -0.463 e. The Hall–Kier alpha value is -1.11. The molecule has 0 bridgehead atoms. The van der Waals surface area contributed by atoms with Gasteiger partial charge in [-0.1, -0.05) is 12.8 Å². The van der Waals surface area contributed by atoms with Crippen LogP contribution in [0.2, 0.25) is 0 Å². The van der Waals surface area contributed by atoms with Gasteiger partial charge in [0.05, 0.1) is 24.2 Å². The quantitative estimate of drug-likeness (QED) is 0.775. The second-order valence-corrected chi connectivity index (χ2v) is 6.97. The Morgan fingerprint density at radius 3 is 2.16 bits per heavy atom. The maximum absolute atomic E-state index is 11.9. The van der Waals surface area contributed by atoms with Crippen molar-refractivity contribution in [3.05, 3.63) is 0 Å². The maximum atomic E-state index is 11.9. The Bertz CT molecular complexity index is 443. The van der Waals surface area contributed by atoms with E-state index in [2.05, 4.69) is 0 Å². The predicted molar refractivity (Wildman–Crippen MR) is 69.7 cm³/mol. The van der Waals surface area contributed by atoms with Crippen LogP contribution in [0.3, 0.4) is 0 Å². The van der Waals surface area contributed by atoms with Gasteiger partial charge in [-0.3, -0.25) is 14.3 Å². The minimum atomic E-state index is -3.60. The van der Waals surface area contributed by atoms with E-state index in [1.165, 1.54) is 0 Å². The fourth-order valence-electron chi connectivity index (χ4n) is 2.30. The highest BCUT2D eigenvalue weighted by Gasteiger charge is 2.37. The fourth-order valence-corrected chi connectivity index (χ4v) is 2.82. The summed E-state index contributed by atoms with van der Waals surface area (Å²) in [5.74, 6) is -2.18. The molecule has 6 nitrogen and oxygen atoms in total. The summed E-state index contributed by atoms with van der Waals surface area (Å²) in [7, 11) is -3.60. The Balaban J connectivity index is 2.77. The van der Waals surface area contributed by atoms with Crippen LogP contribution in [0.1, 0.15) is 39.5 Å². The first kappa shape index (κ1) is 15.9. The molecule has 1 N–H and O–H groups in total. The Morgan fingerprint density at radius 2 is 1.68 bits per heavy atom. The van der Waals surface area contributed by atoms with E-state index in [1.807, 2.05) is 4.72 Å². The average Bonchev–Trinajstić information content (AvgIpc) is 2.25. The molecule has 110 valence electrons. The highest BCUT2D eigenvalue weighted by Crippen LogP contribution is 2.31. The van der Waals surface area contributed by atoms with Gasteiger partial charge in [-0.25, -0.2) is 8.42 Å². The topological polar surface area (TPSA) is 89.5 Å². The van der Waals surface area contributed by atoms with E-state index >= 15 is 0 Å². The molecule has 0 saturated heterocycles. The molecule has 1 aliphatic carbocycles. The van der Waals surface area contributed by atoms with Crippen molar-refractivity contribution in [3.63, 3.8) is 0 Å². The highest BCUT2D eigenvalue weighted by atomic mass is 32.2. The molecule has 0 radical (unpaired) electrons. The summed E-state index contributed by atoms with van der Waals surface area (Å²) in [5.41, 5.74) is 0. The van der Waals surface area contributed by atoms with Gasteiger partial charge in [0.2, 0.25) is 15.9 Å². The molecule has 0 aliphatic heterocycles. The minimum absolute atomic E-state index is 0.243. The number of carbonyl (C=O) groups is 2. The molecular weight excluding hydrogens is 270 g/mol. The van der Waals surface area contributed by atoms with E-state index in [1.54, 1.807) is 13.8 Å². The lowest BCUT2D eigenvalue weighted by Crippen LogP contribution is -2.42. The lowest BCUT2D eigenvalue weighted by Gasteiger charge is -2.29. The molecule has 1 rings (SSSR count). The van der Waals surface area contributed by atoms with Gasteiger partial charge >= 0.3 is 5.97 Å². The Kier molecular flexibility index (Phi) is 5.34. The molecule has 0 aromatic carbocycles. The fraction of sp³-hybridized carbons (Fsp3) is 0.833. The van der Waals surface area contributed by atoms with Crippen LogP contribution in [0.5, 0.6) is 0 Å². The standard InChI is InChI=1S/C12H21NO5S/c1-8(2)18-12(15)10-7-5-4-6-9(10)11(14)13-19(3,16)17/h8-10H,4-7H2,1-3H3,(H,13,14)/t9-,10+/m0/s1. The summed E-state index contributed by atoms with van der Waals surface area (Å²) in [6, 6.07) is 0. The number of amides is 1. The lowest BCUT2D eigenvalue weighted by molar-refractivity contribution is -0.158. The molecule has 1 fully saturated rings. The molecular formula is C12H21NO5S. The molecule has 0 heterocycles. The third kappa shape index (κ3) is 5.18. The van der Waals surface area contributed by atoms with Crippen LogP contribution in [-0.4, -0.2) is 32.7 Å². The van der Waals surface area contributed by atoms with Crippen molar-refractivity contribution in [1.82, 2.24) is 4.72 Å². The van der Waals surface area contributed by atoms with E-state index in [9.17, 15) is 18.0 Å². The van der Waals surface area contributed by atoms with Gasteiger partial charge in [-0.05, 0) is 26.7 Å². The van der Waals surface area contributed by atoms with Crippen LogP contribution in [0.15, 0.2) is 0 Å². The molecule has 1 aliphatic rings. The van der Waals surface area contributed by atoms with Crippen molar-refractivity contribution in [3.8, 4) is 0 Å². The molecule has 0 unspecified atom stereocenters. The largest absolute Gasteiger partial charge is 0.463 e. The second kappa shape index (κ2) is 6.36. The van der Waals surface area contributed by atoms with Crippen molar-refractivity contribution in [2.24, 2.45) is 11.8 Å². The summed E-state index contributed by atoms with van der Waals surface area (Å²) in [6.45, 7) is 3.48. The van der Waals surface area contributed by atoms with Gasteiger partial charge in [0.1, 0.15) is 0 Å². The van der Waals surface area contributed by atoms with Crippen molar-refractivity contribution in [1.29, 1.82) is 0 Å². The number of nitrogens with one attached hydrogen (secondary N) is 1. The smallest absolute Gasteiger partial charge is 0.309 e. The third-order valence-electron chi connectivity index (χ3n) is 3.04. The van der Waals surface area contributed by atoms with Gasteiger partial charge in [0.25, 0.3) is 0 Å². The third-order valence-corrected chi connectivity index (χ3v) is 3.62. The van der Waals surface area contributed by atoms with E-state index in [4.69, 9.17) is 4.74 Å². The number of sulfonamides is 1. The van der Waals surface area contributed by atoms with Crippen LogP contribution in [0.4, 0.5) is 0 Å². The molecule has 2 atom stereocenters. The van der Waals surface area contributed by atoms with Gasteiger partial charge in [-0.2, -0.15) is 0 Å². The van der Waals surface area contributed by atoms with Gasteiger partial charge in [-0.15, -0.1) is 0 Å². The molecule has 1 saturated carbocycles. The molecule has 0 aromatic heterocycles. The summed E-state index contributed by atoms with van der Waals surface area (Å²) in [4.78, 5) is 23.9. The van der Waals surface area contributed by atoms with E-state index < -0.39 is 33.7 Å². The van der Waals surface area contributed by atoms with Crippen molar-refractivity contribution < 1.29 is 22.7 Å². The number of rotatable bonds is 4. The van der Waals surface area contributed by atoms with Crippen LogP contribution in [0, 0.1) is 11.8 Å². The van der Waals surface area contributed by atoms with Crippen molar-refractivity contribution in [2.45, 2.75) is 45.6 Å². The second-order valence-electron chi connectivity index (χ2n) is 5.22. The van der Waals surface area contributed by atoms with E-state index in [-0.39, 0.29) is 6.10 Å². The first-order valence-corrected chi connectivity index (χ1v) is 8.32. The molecule has 0 spiro atoms. The van der Waals surface area contributed by atoms with Crippen LogP contribution in [-0.2, 0) is 24.3 Å². The van der Waals surface area contributed by atoms with Gasteiger partial charge in [0, 0.05) is 0 Å². The summed E-state index contributed by atoms with van der Waals surface area (Å²) in [6.07, 6.45) is 3.42. The average molecular weight is 291 g/mol. The van der Waals surface area contributed by atoms with Crippen molar-refractivity contribution >= 4 is 21.9 Å². The molecule has 7 heteroatoms. The summed E-state index contributed by atoms with van der Waals surface area (Å²) < 4.78 is 29.3. The summed E-state index contributed by atoms with van der Waals surface area (Å²) >= 11 is 0. The zero-order chi connectivity index (χ0) is 14.6. The number of carbonyl (C=O) groups excluding carboxylic acids is 2.